The lowest BCUT2D eigenvalue weighted by molar-refractivity contribution is -0.137. The number of aromatic nitrogens is 2. The molecule has 25 heavy (non-hydrogen) atoms. The number of methoxy groups -OCH3 is 1. The number of anilines is 1. The summed E-state index contributed by atoms with van der Waals surface area (Å²) in [5, 5.41) is 10.7. The molecule has 130 valence electrons. The van der Waals surface area contributed by atoms with E-state index in [2.05, 4.69) is 15.5 Å². The van der Waals surface area contributed by atoms with Crippen molar-refractivity contribution in [2.45, 2.75) is 12.7 Å². The van der Waals surface area contributed by atoms with Crippen LogP contribution < -0.4 is 10.1 Å². The summed E-state index contributed by atoms with van der Waals surface area (Å²) in [5.74, 6) is 1.22. The first kappa shape index (κ1) is 16.8. The number of nitrogens with one attached hydrogen (secondary N) is 1. The molecule has 0 fully saturated rings. The Morgan fingerprint density at radius 2 is 1.88 bits per heavy atom. The molecule has 0 saturated heterocycles. The highest BCUT2D eigenvalue weighted by Crippen LogP contribution is 2.30. The zero-order chi connectivity index (χ0) is 17.9. The first-order valence-corrected chi connectivity index (χ1v) is 7.33. The van der Waals surface area contributed by atoms with E-state index in [1.54, 1.807) is 31.4 Å². The first-order chi connectivity index (χ1) is 12.0. The van der Waals surface area contributed by atoms with Gasteiger partial charge in [-0.3, -0.25) is 0 Å². The van der Waals surface area contributed by atoms with Crippen molar-refractivity contribution in [2.24, 2.45) is 0 Å². The average Bonchev–Trinajstić information content (AvgIpc) is 3.09. The standard InChI is InChI=1S/C17H14F3N3O2/c1-24-14-7-2-4-11(8-14)16-23-22-15(25-16)10-21-13-6-3-5-12(9-13)17(18,19)20/h2-9,21H,10H2,1H3. The van der Waals surface area contributed by atoms with Gasteiger partial charge in [-0.05, 0) is 36.4 Å². The second-order valence-electron chi connectivity index (χ2n) is 5.17. The molecule has 0 spiro atoms. The molecule has 0 aliphatic heterocycles. The molecule has 1 N–H and O–H groups in total. The van der Waals surface area contributed by atoms with Gasteiger partial charge in [0.25, 0.3) is 0 Å². The lowest BCUT2D eigenvalue weighted by atomic mass is 10.2. The van der Waals surface area contributed by atoms with E-state index in [1.807, 2.05) is 0 Å². The van der Waals surface area contributed by atoms with Crippen molar-refractivity contribution in [3.8, 4) is 17.2 Å². The van der Waals surface area contributed by atoms with Crippen molar-refractivity contribution in [3.05, 3.63) is 60.0 Å². The minimum Gasteiger partial charge on any atom is -0.497 e. The summed E-state index contributed by atoms with van der Waals surface area (Å²) in [5.41, 5.74) is 0.285. The van der Waals surface area contributed by atoms with Gasteiger partial charge >= 0.3 is 6.18 Å². The van der Waals surface area contributed by atoms with Crippen LogP contribution in [0.15, 0.2) is 52.9 Å². The number of alkyl halides is 3. The number of hydrogen-bond acceptors (Lipinski definition) is 5. The Balaban J connectivity index is 1.70. The van der Waals surface area contributed by atoms with Crippen LogP contribution in [0.5, 0.6) is 5.75 Å². The highest BCUT2D eigenvalue weighted by Gasteiger charge is 2.30. The summed E-state index contributed by atoms with van der Waals surface area (Å²) in [7, 11) is 1.55. The van der Waals surface area contributed by atoms with Crippen LogP contribution in [0, 0.1) is 0 Å². The maximum atomic E-state index is 12.7. The van der Waals surface area contributed by atoms with Crippen LogP contribution in [0.3, 0.4) is 0 Å². The Bertz CT molecular complexity index is 862. The van der Waals surface area contributed by atoms with Crippen molar-refractivity contribution >= 4 is 5.69 Å². The Kier molecular flexibility index (Phi) is 4.60. The van der Waals surface area contributed by atoms with Gasteiger partial charge < -0.3 is 14.5 Å². The van der Waals surface area contributed by atoms with Crippen molar-refractivity contribution in [1.82, 2.24) is 10.2 Å². The first-order valence-electron chi connectivity index (χ1n) is 7.33. The molecule has 3 rings (SSSR count). The second-order valence-corrected chi connectivity index (χ2v) is 5.17. The fourth-order valence-electron chi connectivity index (χ4n) is 2.18. The van der Waals surface area contributed by atoms with E-state index in [9.17, 15) is 13.2 Å². The van der Waals surface area contributed by atoms with Gasteiger partial charge in [0.1, 0.15) is 5.75 Å². The van der Waals surface area contributed by atoms with Gasteiger partial charge in [-0.15, -0.1) is 10.2 Å². The number of ether oxygens (including phenoxy) is 1. The quantitative estimate of drug-likeness (QED) is 0.741. The zero-order valence-corrected chi connectivity index (χ0v) is 13.2. The molecule has 0 saturated carbocycles. The van der Waals surface area contributed by atoms with Crippen LogP contribution in [0.1, 0.15) is 11.5 Å². The monoisotopic (exact) mass is 349 g/mol. The van der Waals surface area contributed by atoms with E-state index in [0.29, 0.717) is 22.9 Å². The normalized spacial score (nSPS) is 11.4. The summed E-state index contributed by atoms with van der Waals surface area (Å²) in [4.78, 5) is 0. The maximum absolute atomic E-state index is 12.7. The third kappa shape index (κ3) is 4.09. The van der Waals surface area contributed by atoms with Crippen molar-refractivity contribution < 1.29 is 22.3 Å². The van der Waals surface area contributed by atoms with E-state index in [4.69, 9.17) is 9.15 Å². The van der Waals surface area contributed by atoms with Gasteiger partial charge in [0.15, 0.2) is 0 Å². The minimum atomic E-state index is -4.39. The average molecular weight is 349 g/mol. The van der Waals surface area contributed by atoms with Gasteiger partial charge in [-0.1, -0.05) is 12.1 Å². The van der Waals surface area contributed by atoms with Crippen LogP contribution >= 0.6 is 0 Å². The highest BCUT2D eigenvalue weighted by atomic mass is 19.4. The van der Waals surface area contributed by atoms with Gasteiger partial charge in [0, 0.05) is 11.3 Å². The summed E-state index contributed by atoms with van der Waals surface area (Å²) in [6, 6.07) is 12.0. The van der Waals surface area contributed by atoms with Gasteiger partial charge in [-0.2, -0.15) is 13.2 Å². The summed E-state index contributed by atoms with van der Waals surface area (Å²) < 4.78 is 48.8. The van der Waals surface area contributed by atoms with Gasteiger partial charge in [-0.25, -0.2) is 0 Å². The lowest BCUT2D eigenvalue weighted by Crippen LogP contribution is -2.06. The maximum Gasteiger partial charge on any atom is 0.416 e. The lowest BCUT2D eigenvalue weighted by Gasteiger charge is -2.09. The van der Waals surface area contributed by atoms with E-state index in [1.165, 1.54) is 12.1 Å². The molecule has 0 atom stereocenters. The van der Waals surface area contributed by atoms with Crippen molar-refractivity contribution in [2.75, 3.05) is 12.4 Å². The van der Waals surface area contributed by atoms with E-state index >= 15 is 0 Å². The van der Waals surface area contributed by atoms with Crippen LogP contribution in [0.2, 0.25) is 0 Å². The second kappa shape index (κ2) is 6.84. The highest BCUT2D eigenvalue weighted by molar-refractivity contribution is 5.55. The number of rotatable bonds is 5. The van der Waals surface area contributed by atoms with Crippen LogP contribution in [-0.2, 0) is 12.7 Å². The Labute approximate surface area is 141 Å². The molecule has 1 aromatic heterocycles. The van der Waals surface area contributed by atoms with E-state index < -0.39 is 11.7 Å². The summed E-state index contributed by atoms with van der Waals surface area (Å²) in [6.07, 6.45) is -4.39. The fraction of sp³-hybridized carbons (Fsp3) is 0.176. The molecule has 1 heterocycles. The Morgan fingerprint density at radius 1 is 1.08 bits per heavy atom. The minimum absolute atomic E-state index is 0.109. The molecule has 0 amide bonds. The SMILES string of the molecule is COc1cccc(-c2nnc(CNc3cccc(C(F)(F)F)c3)o2)c1. The zero-order valence-electron chi connectivity index (χ0n) is 13.2. The predicted molar refractivity (Wildman–Crippen MR) is 85.1 cm³/mol. The number of nitrogens with zero attached hydrogens (tertiary/aromatic N) is 2. The van der Waals surface area contributed by atoms with Crippen molar-refractivity contribution in [1.29, 1.82) is 0 Å². The van der Waals surface area contributed by atoms with Crippen molar-refractivity contribution in [3.63, 3.8) is 0 Å². The molecule has 0 radical (unpaired) electrons. The molecule has 3 aromatic rings. The fourth-order valence-corrected chi connectivity index (χ4v) is 2.18. The molecule has 0 bridgehead atoms. The molecule has 0 unspecified atom stereocenters. The van der Waals surface area contributed by atoms with Crippen LogP contribution in [0.25, 0.3) is 11.5 Å². The largest absolute Gasteiger partial charge is 0.497 e. The molecular weight excluding hydrogens is 335 g/mol. The predicted octanol–water partition coefficient (Wildman–Crippen LogP) is 4.38. The van der Waals surface area contributed by atoms with Crippen LogP contribution in [-0.4, -0.2) is 17.3 Å². The molecule has 0 aliphatic carbocycles. The van der Waals surface area contributed by atoms with Gasteiger partial charge in [0.05, 0.1) is 19.2 Å². The summed E-state index contributed by atoms with van der Waals surface area (Å²) >= 11 is 0. The number of halogens is 3. The third-order valence-electron chi connectivity index (χ3n) is 3.42. The van der Waals surface area contributed by atoms with E-state index in [0.717, 1.165) is 12.1 Å². The molecule has 5 nitrogen and oxygen atoms in total. The molecular formula is C17H14F3N3O2. The summed E-state index contributed by atoms with van der Waals surface area (Å²) in [6.45, 7) is 0.109. The number of benzene rings is 2. The molecule has 0 aliphatic rings. The van der Waals surface area contributed by atoms with Crippen LogP contribution in [0.4, 0.5) is 18.9 Å². The Morgan fingerprint density at radius 3 is 2.64 bits per heavy atom. The van der Waals surface area contributed by atoms with Gasteiger partial charge in [0.2, 0.25) is 11.8 Å². The number of hydrogen-bond donors (Lipinski definition) is 1. The van der Waals surface area contributed by atoms with E-state index in [-0.39, 0.29) is 12.4 Å². The smallest absolute Gasteiger partial charge is 0.416 e. The Hall–Kier alpha value is -3.03. The molecule has 8 heteroatoms. The third-order valence-corrected chi connectivity index (χ3v) is 3.42. The molecule has 2 aromatic carbocycles. The topological polar surface area (TPSA) is 60.2 Å².